The first-order valence-electron chi connectivity index (χ1n) is 6.27. The van der Waals surface area contributed by atoms with Crippen LogP contribution in [0, 0.1) is 0 Å². The Morgan fingerprint density at radius 2 is 1.84 bits per heavy atom. The number of unbranched alkanes of at least 4 members (excludes halogenated alkanes) is 1. The van der Waals surface area contributed by atoms with Gasteiger partial charge in [-0.25, -0.2) is 4.79 Å². The fourth-order valence-electron chi connectivity index (χ4n) is 1.17. The van der Waals surface area contributed by atoms with Gasteiger partial charge in [0.15, 0.2) is 0 Å². The summed E-state index contributed by atoms with van der Waals surface area (Å²) >= 11 is 0. The minimum absolute atomic E-state index is 0. The van der Waals surface area contributed by atoms with Crippen molar-refractivity contribution < 1.29 is 14.3 Å². The molecule has 0 aliphatic carbocycles. The number of hydrogen-bond donors (Lipinski definition) is 2. The normalized spacial score (nSPS) is 10.2. The molecule has 1 atom stereocenters. The van der Waals surface area contributed by atoms with E-state index in [-0.39, 0.29) is 13.3 Å². The van der Waals surface area contributed by atoms with E-state index in [1.807, 2.05) is 13.8 Å². The topological polar surface area (TPSA) is 81.4 Å². The average molecular weight is 274 g/mol. The summed E-state index contributed by atoms with van der Waals surface area (Å²) in [5.74, 6) is -0.769. The van der Waals surface area contributed by atoms with Crippen LogP contribution in [0.5, 0.6) is 0 Å². The third-order valence-electron chi connectivity index (χ3n) is 2.13. The number of nitrogens with two attached hydrogens (primary N) is 1. The van der Waals surface area contributed by atoms with Crippen molar-refractivity contribution >= 4 is 11.9 Å². The molecule has 0 saturated heterocycles. The van der Waals surface area contributed by atoms with Crippen LogP contribution in [-0.4, -0.2) is 31.6 Å². The van der Waals surface area contributed by atoms with Crippen LogP contribution in [0.4, 0.5) is 0 Å². The Bertz CT molecular complexity index is 265. The van der Waals surface area contributed by atoms with Crippen LogP contribution >= 0.6 is 0 Å². The van der Waals surface area contributed by atoms with Crippen LogP contribution in [0.3, 0.4) is 0 Å². The number of nitrogens with one attached hydrogen (secondary N) is 1. The van der Waals surface area contributed by atoms with E-state index in [9.17, 15) is 9.59 Å². The van der Waals surface area contributed by atoms with Crippen molar-refractivity contribution in [2.75, 3.05) is 13.7 Å². The number of hydrogen-bond acceptors (Lipinski definition) is 4. The summed E-state index contributed by atoms with van der Waals surface area (Å²) in [4.78, 5) is 22.7. The average Bonchev–Trinajstić information content (AvgIpc) is 2.38. The van der Waals surface area contributed by atoms with Crippen LogP contribution in [0.2, 0.25) is 0 Å². The molecule has 19 heavy (non-hydrogen) atoms. The Morgan fingerprint density at radius 3 is 2.21 bits per heavy atom. The fraction of sp³-hybridized carbons (Fsp3) is 0.714. The van der Waals surface area contributed by atoms with Crippen LogP contribution in [0.25, 0.3) is 0 Å². The van der Waals surface area contributed by atoms with Crippen LogP contribution < -0.4 is 11.1 Å². The highest BCUT2D eigenvalue weighted by atomic mass is 16.5. The Morgan fingerprint density at radius 1 is 1.32 bits per heavy atom. The van der Waals surface area contributed by atoms with Crippen molar-refractivity contribution in [1.29, 1.82) is 0 Å². The molecular weight excluding hydrogens is 244 g/mol. The summed E-state index contributed by atoms with van der Waals surface area (Å²) < 4.78 is 4.61. The highest BCUT2D eigenvalue weighted by Gasteiger charge is 2.20. The summed E-state index contributed by atoms with van der Waals surface area (Å²) in [5, 5.41) is 2.57. The molecule has 0 spiro atoms. The molecule has 0 bridgehead atoms. The van der Waals surface area contributed by atoms with E-state index in [0.717, 1.165) is 12.8 Å². The molecule has 0 aliphatic heterocycles. The second-order valence-corrected chi connectivity index (χ2v) is 3.61. The van der Waals surface area contributed by atoms with Gasteiger partial charge in [-0.1, -0.05) is 27.9 Å². The lowest BCUT2D eigenvalue weighted by atomic mass is 10.1. The van der Waals surface area contributed by atoms with Crippen molar-refractivity contribution in [3.05, 3.63) is 12.2 Å². The second kappa shape index (κ2) is 14.7. The lowest BCUT2D eigenvalue weighted by molar-refractivity contribution is -0.144. The van der Waals surface area contributed by atoms with E-state index in [4.69, 9.17) is 5.73 Å². The second-order valence-electron chi connectivity index (χ2n) is 3.61. The SMILES string of the molecule is C.C=C(C)C(=O)NC(CCCCN)C(=O)OC.CC. The van der Waals surface area contributed by atoms with Crippen molar-refractivity contribution in [2.45, 2.75) is 53.5 Å². The zero-order valence-electron chi connectivity index (χ0n) is 11.9. The van der Waals surface area contributed by atoms with Crippen LogP contribution in [0.1, 0.15) is 47.5 Å². The monoisotopic (exact) mass is 274 g/mol. The zero-order valence-corrected chi connectivity index (χ0v) is 11.9. The maximum Gasteiger partial charge on any atom is 0.328 e. The molecule has 0 rings (SSSR count). The van der Waals surface area contributed by atoms with Crippen molar-refractivity contribution in [3.63, 3.8) is 0 Å². The van der Waals surface area contributed by atoms with Crippen molar-refractivity contribution in [3.8, 4) is 0 Å². The van der Waals surface area contributed by atoms with E-state index >= 15 is 0 Å². The first kappa shape index (κ1) is 22.8. The van der Waals surface area contributed by atoms with Crippen LogP contribution in [0.15, 0.2) is 12.2 Å². The molecule has 114 valence electrons. The number of amides is 1. The molecule has 5 nitrogen and oxygen atoms in total. The largest absolute Gasteiger partial charge is 0.467 e. The summed E-state index contributed by atoms with van der Waals surface area (Å²) in [5.41, 5.74) is 5.72. The van der Waals surface area contributed by atoms with Gasteiger partial charge in [0.25, 0.3) is 0 Å². The molecule has 3 N–H and O–H groups in total. The third kappa shape index (κ3) is 11.5. The standard InChI is InChI=1S/C11H20N2O3.C2H6.CH4/c1-8(2)10(14)13-9(11(15)16-3)6-4-5-7-12;1-2;/h9H,1,4-7,12H2,2-3H3,(H,13,14);1-2H3;1H4. The van der Waals surface area contributed by atoms with E-state index in [1.54, 1.807) is 6.92 Å². The minimum Gasteiger partial charge on any atom is -0.467 e. The lowest BCUT2D eigenvalue weighted by Gasteiger charge is -2.16. The van der Waals surface area contributed by atoms with E-state index in [1.165, 1.54) is 7.11 Å². The maximum absolute atomic E-state index is 11.4. The number of esters is 1. The highest BCUT2D eigenvalue weighted by molar-refractivity contribution is 5.95. The lowest BCUT2D eigenvalue weighted by Crippen LogP contribution is -2.41. The molecule has 5 heteroatoms. The summed E-state index contributed by atoms with van der Waals surface area (Å²) in [7, 11) is 1.30. The van der Waals surface area contributed by atoms with Gasteiger partial charge >= 0.3 is 5.97 Å². The Kier molecular flexibility index (Phi) is 17.6. The fourth-order valence-corrected chi connectivity index (χ4v) is 1.17. The molecule has 0 radical (unpaired) electrons. The molecule has 0 aliphatic rings. The predicted octanol–water partition coefficient (Wildman–Crippen LogP) is 2.01. The summed E-state index contributed by atoms with van der Waals surface area (Å²) in [6.45, 7) is 9.66. The summed E-state index contributed by atoms with van der Waals surface area (Å²) in [6.07, 6.45) is 2.12. The highest BCUT2D eigenvalue weighted by Crippen LogP contribution is 2.03. The Balaban J connectivity index is -0.000000809. The van der Waals surface area contributed by atoms with Gasteiger partial charge in [0, 0.05) is 5.57 Å². The van der Waals surface area contributed by atoms with Gasteiger partial charge in [-0.15, -0.1) is 0 Å². The van der Waals surface area contributed by atoms with Gasteiger partial charge in [-0.3, -0.25) is 4.79 Å². The number of carbonyl (C=O) groups excluding carboxylic acids is 2. The number of ether oxygens (including phenoxy) is 1. The Hall–Kier alpha value is -1.36. The Labute approximate surface area is 117 Å². The van der Waals surface area contributed by atoms with Gasteiger partial charge in [0.1, 0.15) is 6.04 Å². The number of rotatable bonds is 7. The molecule has 0 aromatic heterocycles. The molecule has 0 aromatic rings. The first-order chi connectivity index (χ1) is 8.52. The molecule has 1 unspecified atom stereocenters. The van der Waals surface area contributed by atoms with Gasteiger partial charge in [-0.2, -0.15) is 0 Å². The maximum atomic E-state index is 11.4. The summed E-state index contributed by atoms with van der Waals surface area (Å²) in [6, 6.07) is -0.610. The van der Waals surface area contributed by atoms with Gasteiger partial charge in [-0.05, 0) is 32.7 Å². The number of methoxy groups -OCH3 is 1. The third-order valence-corrected chi connectivity index (χ3v) is 2.13. The molecular formula is C14H30N2O3. The van der Waals surface area contributed by atoms with Gasteiger partial charge in [0.05, 0.1) is 7.11 Å². The molecule has 0 fully saturated rings. The smallest absolute Gasteiger partial charge is 0.328 e. The van der Waals surface area contributed by atoms with E-state index in [2.05, 4.69) is 16.6 Å². The molecule has 1 amide bonds. The van der Waals surface area contributed by atoms with Crippen LogP contribution in [-0.2, 0) is 14.3 Å². The van der Waals surface area contributed by atoms with Gasteiger partial charge < -0.3 is 15.8 Å². The van der Waals surface area contributed by atoms with Crippen molar-refractivity contribution in [2.24, 2.45) is 5.73 Å². The number of carbonyl (C=O) groups is 2. The first-order valence-corrected chi connectivity index (χ1v) is 6.27. The van der Waals surface area contributed by atoms with Crippen molar-refractivity contribution in [1.82, 2.24) is 5.32 Å². The van der Waals surface area contributed by atoms with Gasteiger partial charge in [0.2, 0.25) is 5.91 Å². The molecule has 0 saturated carbocycles. The predicted molar refractivity (Wildman–Crippen MR) is 79.7 cm³/mol. The zero-order chi connectivity index (χ0) is 14.6. The quantitative estimate of drug-likeness (QED) is 0.423. The van der Waals surface area contributed by atoms with E-state index in [0.29, 0.717) is 18.5 Å². The van der Waals surface area contributed by atoms with E-state index < -0.39 is 12.0 Å². The minimum atomic E-state index is -0.610. The molecule has 0 aromatic carbocycles. The molecule has 0 heterocycles.